The molecule has 0 unspecified atom stereocenters. The molecular weight excluding hydrogens is 394 g/mol. The molecule has 3 atom stereocenters. The number of sulfonamides is 1. The summed E-state index contributed by atoms with van der Waals surface area (Å²) in [5, 5.41) is 12.5. The molecule has 1 aromatic carbocycles. The lowest BCUT2D eigenvalue weighted by molar-refractivity contribution is -0.0891. The van der Waals surface area contributed by atoms with E-state index in [1.54, 1.807) is 36.5 Å². The van der Waals surface area contributed by atoms with Crippen molar-refractivity contribution in [1.29, 1.82) is 0 Å². The van der Waals surface area contributed by atoms with E-state index in [1.165, 1.54) is 18.3 Å². The highest BCUT2D eigenvalue weighted by Crippen LogP contribution is 2.22. The molecular formula is C20H25N3O5S. The molecule has 3 rings (SSSR count). The van der Waals surface area contributed by atoms with Gasteiger partial charge in [0.15, 0.2) is 0 Å². The Kier molecular flexibility index (Phi) is 7.32. The molecule has 2 aromatic rings. The predicted molar refractivity (Wildman–Crippen MR) is 107 cm³/mol. The largest absolute Gasteiger partial charge is 0.394 e. The summed E-state index contributed by atoms with van der Waals surface area (Å²) in [6.07, 6.45) is 4.10. The van der Waals surface area contributed by atoms with E-state index in [4.69, 9.17) is 4.74 Å². The van der Waals surface area contributed by atoms with E-state index in [1.807, 2.05) is 0 Å². The quantitative estimate of drug-likeness (QED) is 0.590. The second-order valence-corrected chi connectivity index (χ2v) is 8.64. The van der Waals surface area contributed by atoms with Crippen LogP contribution in [0.3, 0.4) is 0 Å². The van der Waals surface area contributed by atoms with Gasteiger partial charge in [-0.25, -0.2) is 13.1 Å². The van der Waals surface area contributed by atoms with Crippen LogP contribution in [0.5, 0.6) is 0 Å². The molecule has 156 valence electrons. The number of carbonyl (C=O) groups is 1. The molecule has 0 spiro atoms. The Morgan fingerprint density at radius 2 is 1.97 bits per heavy atom. The summed E-state index contributed by atoms with van der Waals surface area (Å²) in [6.45, 7) is -0.00299. The standard InChI is InChI=1S/C20H25N3O5S/c24-14-19-18(23-20(25)15-5-4-11-21-13-15)9-8-16(28-19)10-12-22-29(26,27)17-6-2-1-3-7-17/h1-7,11,13,16,18-19,22,24H,8-10,12,14H2,(H,23,25)/t16-,18-,19-/m1/s1. The van der Waals surface area contributed by atoms with Crippen molar-refractivity contribution in [3.63, 3.8) is 0 Å². The number of nitrogens with one attached hydrogen (secondary N) is 2. The third-order valence-electron chi connectivity index (χ3n) is 4.85. The molecule has 1 aliphatic rings. The average Bonchev–Trinajstić information content (AvgIpc) is 2.75. The lowest BCUT2D eigenvalue weighted by Gasteiger charge is -2.36. The molecule has 1 aromatic heterocycles. The van der Waals surface area contributed by atoms with Crippen molar-refractivity contribution in [3.8, 4) is 0 Å². The van der Waals surface area contributed by atoms with Crippen LogP contribution in [-0.4, -0.2) is 55.8 Å². The maximum Gasteiger partial charge on any atom is 0.253 e. The van der Waals surface area contributed by atoms with Crippen LogP contribution in [0, 0.1) is 0 Å². The molecule has 3 N–H and O–H groups in total. The lowest BCUT2D eigenvalue weighted by atomic mass is 9.97. The van der Waals surface area contributed by atoms with E-state index in [0.717, 1.165) is 0 Å². The molecule has 0 radical (unpaired) electrons. The second-order valence-electron chi connectivity index (χ2n) is 6.88. The molecule has 1 aliphatic heterocycles. The Labute approximate surface area is 170 Å². The minimum absolute atomic E-state index is 0.197. The maximum atomic E-state index is 12.3. The van der Waals surface area contributed by atoms with Crippen LogP contribution in [0.15, 0.2) is 59.8 Å². The van der Waals surface area contributed by atoms with Gasteiger partial charge in [-0.1, -0.05) is 18.2 Å². The predicted octanol–water partition coefficient (Wildman–Crippen LogP) is 1.09. The number of benzene rings is 1. The molecule has 0 bridgehead atoms. The van der Waals surface area contributed by atoms with Gasteiger partial charge in [0.25, 0.3) is 5.91 Å². The van der Waals surface area contributed by atoms with Gasteiger partial charge in [-0.2, -0.15) is 0 Å². The number of pyridine rings is 1. The number of nitrogens with zero attached hydrogens (tertiary/aromatic N) is 1. The summed E-state index contributed by atoms with van der Waals surface area (Å²) in [6, 6.07) is 11.2. The molecule has 1 fully saturated rings. The van der Waals surface area contributed by atoms with Crippen LogP contribution in [0.4, 0.5) is 0 Å². The van der Waals surface area contributed by atoms with E-state index in [9.17, 15) is 18.3 Å². The van der Waals surface area contributed by atoms with Gasteiger partial charge >= 0.3 is 0 Å². The lowest BCUT2D eigenvalue weighted by Crippen LogP contribution is -2.51. The van der Waals surface area contributed by atoms with Crippen molar-refractivity contribution < 1.29 is 23.1 Å². The van der Waals surface area contributed by atoms with Gasteiger partial charge in [0.2, 0.25) is 10.0 Å². The second kappa shape index (κ2) is 9.93. The van der Waals surface area contributed by atoms with E-state index in [2.05, 4.69) is 15.0 Å². The first-order valence-electron chi connectivity index (χ1n) is 9.51. The zero-order valence-corrected chi connectivity index (χ0v) is 16.7. The smallest absolute Gasteiger partial charge is 0.253 e. The number of amides is 1. The van der Waals surface area contributed by atoms with Crippen LogP contribution in [0.2, 0.25) is 0 Å². The third kappa shape index (κ3) is 5.83. The van der Waals surface area contributed by atoms with Crippen LogP contribution in [0.1, 0.15) is 29.6 Å². The number of rotatable bonds is 8. The SMILES string of the molecule is O=C(N[C@@H]1CC[C@H](CCNS(=O)(=O)c2ccccc2)O[C@@H]1CO)c1cccnc1. The highest BCUT2D eigenvalue weighted by Gasteiger charge is 2.32. The number of aromatic nitrogens is 1. The fourth-order valence-electron chi connectivity index (χ4n) is 3.30. The number of hydrogen-bond acceptors (Lipinski definition) is 6. The highest BCUT2D eigenvalue weighted by atomic mass is 32.2. The number of ether oxygens (including phenoxy) is 1. The summed E-state index contributed by atoms with van der Waals surface area (Å²) >= 11 is 0. The van der Waals surface area contributed by atoms with E-state index in [-0.39, 0.29) is 36.1 Å². The minimum atomic E-state index is -3.56. The van der Waals surface area contributed by atoms with Gasteiger partial charge in [-0.05, 0) is 43.5 Å². The van der Waals surface area contributed by atoms with Crippen molar-refractivity contribution in [2.45, 2.75) is 42.4 Å². The number of carbonyl (C=O) groups excluding carboxylic acids is 1. The Balaban J connectivity index is 1.49. The summed E-state index contributed by atoms with van der Waals surface area (Å²) in [5.41, 5.74) is 0.446. The van der Waals surface area contributed by atoms with Crippen LogP contribution < -0.4 is 10.0 Å². The fraction of sp³-hybridized carbons (Fsp3) is 0.400. The third-order valence-corrected chi connectivity index (χ3v) is 6.32. The number of hydrogen-bond donors (Lipinski definition) is 3. The Hall–Kier alpha value is -2.33. The fourth-order valence-corrected chi connectivity index (χ4v) is 4.36. The van der Waals surface area contributed by atoms with Crippen molar-refractivity contribution in [2.75, 3.05) is 13.2 Å². The Morgan fingerprint density at radius 1 is 1.17 bits per heavy atom. The molecule has 29 heavy (non-hydrogen) atoms. The summed E-state index contributed by atoms with van der Waals surface area (Å²) in [5.74, 6) is -0.265. The monoisotopic (exact) mass is 419 g/mol. The van der Waals surface area contributed by atoms with Crippen molar-refractivity contribution in [1.82, 2.24) is 15.0 Å². The molecule has 1 amide bonds. The highest BCUT2D eigenvalue weighted by molar-refractivity contribution is 7.89. The normalized spacial score (nSPS) is 22.2. The van der Waals surface area contributed by atoms with E-state index < -0.39 is 16.1 Å². The van der Waals surface area contributed by atoms with Gasteiger partial charge in [0, 0.05) is 18.9 Å². The molecule has 2 heterocycles. The Bertz CT molecular complexity index is 893. The first-order chi connectivity index (χ1) is 14.0. The van der Waals surface area contributed by atoms with Gasteiger partial charge < -0.3 is 15.2 Å². The van der Waals surface area contributed by atoms with Crippen LogP contribution in [0.25, 0.3) is 0 Å². The minimum Gasteiger partial charge on any atom is -0.394 e. The molecule has 8 nitrogen and oxygen atoms in total. The first kappa shape index (κ1) is 21.4. The Morgan fingerprint density at radius 3 is 2.66 bits per heavy atom. The zero-order valence-electron chi connectivity index (χ0n) is 15.9. The van der Waals surface area contributed by atoms with Gasteiger partial charge in [-0.3, -0.25) is 9.78 Å². The van der Waals surface area contributed by atoms with Gasteiger partial charge in [0.05, 0.1) is 29.2 Å². The van der Waals surface area contributed by atoms with Gasteiger partial charge in [-0.15, -0.1) is 0 Å². The molecule has 1 saturated heterocycles. The number of aliphatic hydroxyl groups is 1. The first-order valence-corrected chi connectivity index (χ1v) is 11.0. The summed E-state index contributed by atoms with van der Waals surface area (Å²) in [4.78, 5) is 16.5. The van der Waals surface area contributed by atoms with E-state index >= 15 is 0 Å². The number of aliphatic hydroxyl groups excluding tert-OH is 1. The van der Waals surface area contributed by atoms with E-state index in [0.29, 0.717) is 24.8 Å². The molecule has 0 aliphatic carbocycles. The van der Waals surface area contributed by atoms with Crippen LogP contribution in [-0.2, 0) is 14.8 Å². The summed E-state index contributed by atoms with van der Waals surface area (Å²) in [7, 11) is -3.56. The van der Waals surface area contributed by atoms with Crippen molar-refractivity contribution in [2.24, 2.45) is 0 Å². The topological polar surface area (TPSA) is 118 Å². The van der Waals surface area contributed by atoms with Crippen molar-refractivity contribution >= 4 is 15.9 Å². The summed E-state index contributed by atoms with van der Waals surface area (Å²) < 4.78 is 33.0. The van der Waals surface area contributed by atoms with Crippen LogP contribution >= 0.6 is 0 Å². The molecule has 9 heteroatoms. The maximum absolute atomic E-state index is 12.3. The van der Waals surface area contributed by atoms with Crippen molar-refractivity contribution in [3.05, 3.63) is 60.4 Å². The molecule has 0 saturated carbocycles. The van der Waals surface area contributed by atoms with Gasteiger partial charge in [0.1, 0.15) is 6.10 Å². The zero-order chi connectivity index (χ0) is 20.7. The average molecular weight is 420 g/mol.